The molecule has 0 aliphatic rings. The summed E-state index contributed by atoms with van der Waals surface area (Å²) in [5.41, 5.74) is 0.165. The molecule has 1 aromatic carbocycles. The molecular weight excluding hydrogens is 322 g/mol. The molecule has 0 atom stereocenters. The van der Waals surface area contributed by atoms with E-state index in [4.69, 9.17) is 5.26 Å². The lowest BCUT2D eigenvalue weighted by atomic mass is 10.1. The van der Waals surface area contributed by atoms with E-state index in [0.29, 0.717) is 11.7 Å². The van der Waals surface area contributed by atoms with Crippen molar-refractivity contribution in [3.8, 4) is 17.5 Å². The number of hydrogen-bond donors (Lipinski definition) is 0. The van der Waals surface area contributed by atoms with Crippen LogP contribution in [0.1, 0.15) is 20.8 Å². The van der Waals surface area contributed by atoms with Gasteiger partial charge in [0, 0.05) is 19.2 Å². The summed E-state index contributed by atoms with van der Waals surface area (Å²) in [5.74, 6) is 0.895. The van der Waals surface area contributed by atoms with Crippen molar-refractivity contribution in [2.75, 3.05) is 12.8 Å². The highest BCUT2D eigenvalue weighted by Crippen LogP contribution is 2.24. The molecule has 2 aromatic rings. The van der Waals surface area contributed by atoms with Gasteiger partial charge in [-0.2, -0.15) is 5.26 Å². The molecule has 0 spiro atoms. The molecule has 7 heteroatoms. The first-order valence-electron chi connectivity index (χ1n) is 7.70. The summed E-state index contributed by atoms with van der Waals surface area (Å²) in [6, 6.07) is 12.0. The third-order valence-corrected chi connectivity index (χ3v) is 4.83. The van der Waals surface area contributed by atoms with Crippen LogP contribution in [-0.4, -0.2) is 43.9 Å². The van der Waals surface area contributed by atoms with Crippen molar-refractivity contribution in [3.05, 3.63) is 30.3 Å². The fourth-order valence-corrected chi connectivity index (χ4v) is 3.01. The van der Waals surface area contributed by atoms with Crippen LogP contribution in [0.2, 0.25) is 0 Å². The molecule has 1 amide bonds. The zero-order chi connectivity index (χ0) is 17.7. The second-order valence-electron chi connectivity index (χ2n) is 5.83. The minimum absolute atomic E-state index is 0.113. The summed E-state index contributed by atoms with van der Waals surface area (Å²) >= 11 is 1.34. The Balaban J connectivity index is 2.13. The average molecular weight is 343 g/mol. The predicted molar refractivity (Wildman–Crippen MR) is 94.3 cm³/mol. The summed E-state index contributed by atoms with van der Waals surface area (Å²) < 4.78 is 1.99. The number of benzene rings is 1. The molecule has 0 aliphatic carbocycles. The van der Waals surface area contributed by atoms with E-state index < -0.39 is 5.54 Å². The molecule has 0 N–H and O–H groups in total. The molecular formula is C17H21N5OS. The molecule has 0 unspecified atom stereocenters. The number of thioether (sulfide) groups is 1. The molecule has 0 saturated carbocycles. The predicted octanol–water partition coefficient (Wildman–Crippen LogP) is 2.82. The second-order valence-corrected chi connectivity index (χ2v) is 6.77. The number of nitriles is 1. The minimum atomic E-state index is -0.828. The Morgan fingerprint density at radius 1 is 1.33 bits per heavy atom. The number of aromatic nitrogens is 3. The van der Waals surface area contributed by atoms with Crippen molar-refractivity contribution >= 4 is 17.7 Å². The highest BCUT2D eigenvalue weighted by Gasteiger charge is 2.27. The first kappa shape index (κ1) is 18.0. The number of rotatable bonds is 6. The van der Waals surface area contributed by atoms with E-state index in [0.717, 1.165) is 11.4 Å². The maximum Gasteiger partial charge on any atom is 0.234 e. The Kier molecular flexibility index (Phi) is 5.62. The van der Waals surface area contributed by atoms with Crippen molar-refractivity contribution in [3.63, 3.8) is 0 Å². The van der Waals surface area contributed by atoms with E-state index in [2.05, 4.69) is 16.3 Å². The van der Waals surface area contributed by atoms with Gasteiger partial charge in [-0.1, -0.05) is 42.1 Å². The van der Waals surface area contributed by atoms with Crippen LogP contribution in [-0.2, 0) is 11.3 Å². The van der Waals surface area contributed by atoms with Crippen molar-refractivity contribution in [1.29, 1.82) is 5.26 Å². The van der Waals surface area contributed by atoms with E-state index in [1.165, 1.54) is 16.7 Å². The van der Waals surface area contributed by atoms with Gasteiger partial charge in [0.25, 0.3) is 0 Å². The quantitative estimate of drug-likeness (QED) is 0.754. The van der Waals surface area contributed by atoms with Gasteiger partial charge in [-0.05, 0) is 20.8 Å². The van der Waals surface area contributed by atoms with Gasteiger partial charge in [-0.25, -0.2) is 0 Å². The van der Waals surface area contributed by atoms with Gasteiger partial charge in [0.1, 0.15) is 5.54 Å². The monoisotopic (exact) mass is 343 g/mol. The Bertz CT molecular complexity index is 748. The van der Waals surface area contributed by atoms with Crippen LogP contribution >= 0.6 is 11.8 Å². The Morgan fingerprint density at radius 2 is 2.00 bits per heavy atom. The molecule has 0 saturated heterocycles. The largest absolute Gasteiger partial charge is 0.327 e. The summed E-state index contributed by atoms with van der Waals surface area (Å²) in [6.45, 7) is 6.18. The van der Waals surface area contributed by atoms with Crippen LogP contribution < -0.4 is 0 Å². The van der Waals surface area contributed by atoms with Crippen LogP contribution in [0, 0.1) is 11.3 Å². The van der Waals surface area contributed by atoms with Gasteiger partial charge in [-0.3, -0.25) is 4.79 Å². The van der Waals surface area contributed by atoms with Gasteiger partial charge in [0.15, 0.2) is 11.0 Å². The number of nitrogens with zero attached hydrogens (tertiary/aromatic N) is 5. The van der Waals surface area contributed by atoms with Crippen LogP contribution in [0.5, 0.6) is 0 Å². The van der Waals surface area contributed by atoms with Crippen molar-refractivity contribution < 1.29 is 4.79 Å². The second kappa shape index (κ2) is 7.49. The summed E-state index contributed by atoms with van der Waals surface area (Å²) in [5, 5.41) is 18.3. The molecule has 0 fully saturated rings. The first-order valence-corrected chi connectivity index (χ1v) is 8.68. The van der Waals surface area contributed by atoms with Crippen molar-refractivity contribution in [2.45, 2.75) is 38.0 Å². The Hall–Kier alpha value is -2.33. The maximum atomic E-state index is 12.3. The van der Waals surface area contributed by atoms with Crippen molar-refractivity contribution in [2.24, 2.45) is 0 Å². The lowest BCUT2D eigenvalue weighted by Crippen LogP contribution is -2.44. The highest BCUT2D eigenvalue weighted by molar-refractivity contribution is 7.99. The topological polar surface area (TPSA) is 74.8 Å². The smallest absolute Gasteiger partial charge is 0.234 e. The Morgan fingerprint density at radius 3 is 2.58 bits per heavy atom. The minimum Gasteiger partial charge on any atom is -0.327 e. The fraction of sp³-hybridized carbons (Fsp3) is 0.412. The molecule has 24 heavy (non-hydrogen) atoms. The zero-order valence-corrected chi connectivity index (χ0v) is 15.2. The highest BCUT2D eigenvalue weighted by atomic mass is 32.2. The van der Waals surface area contributed by atoms with Crippen LogP contribution in [0.25, 0.3) is 11.4 Å². The van der Waals surface area contributed by atoms with Crippen LogP contribution in [0.15, 0.2) is 35.5 Å². The zero-order valence-electron chi connectivity index (χ0n) is 14.4. The van der Waals surface area contributed by atoms with Gasteiger partial charge >= 0.3 is 0 Å². The molecule has 1 heterocycles. The van der Waals surface area contributed by atoms with Gasteiger partial charge in [-0.15, -0.1) is 10.2 Å². The molecule has 2 rings (SSSR count). The van der Waals surface area contributed by atoms with E-state index in [1.54, 1.807) is 20.9 Å². The lowest BCUT2D eigenvalue weighted by Gasteiger charge is -2.28. The number of carbonyl (C=O) groups is 1. The molecule has 126 valence electrons. The normalized spacial score (nSPS) is 11.1. The fourth-order valence-electron chi connectivity index (χ4n) is 2.09. The lowest BCUT2D eigenvalue weighted by molar-refractivity contribution is -0.130. The van der Waals surface area contributed by atoms with Crippen LogP contribution in [0.4, 0.5) is 0 Å². The molecule has 0 bridgehead atoms. The molecule has 0 radical (unpaired) electrons. The summed E-state index contributed by atoms with van der Waals surface area (Å²) in [7, 11) is 1.64. The van der Waals surface area contributed by atoms with E-state index >= 15 is 0 Å². The van der Waals surface area contributed by atoms with E-state index in [-0.39, 0.29) is 11.7 Å². The van der Waals surface area contributed by atoms with Gasteiger partial charge in [0.2, 0.25) is 5.91 Å². The van der Waals surface area contributed by atoms with Gasteiger partial charge in [0.05, 0.1) is 11.8 Å². The first-order chi connectivity index (χ1) is 11.4. The third kappa shape index (κ3) is 3.77. The standard InChI is InChI=1S/C17H21N5OS/c1-5-22-15(13-9-7-6-8-10-13)19-20-16(22)24-11-14(23)21(4)17(2,3)12-18/h6-10H,5,11H2,1-4H3. The molecule has 6 nitrogen and oxygen atoms in total. The van der Waals surface area contributed by atoms with E-state index in [9.17, 15) is 4.79 Å². The van der Waals surface area contributed by atoms with Gasteiger partial charge < -0.3 is 9.47 Å². The molecule has 0 aliphatic heterocycles. The van der Waals surface area contributed by atoms with E-state index in [1.807, 2.05) is 41.8 Å². The maximum absolute atomic E-state index is 12.3. The Labute approximate surface area is 146 Å². The number of carbonyl (C=O) groups excluding carboxylic acids is 1. The average Bonchev–Trinajstić information content (AvgIpc) is 3.02. The SMILES string of the molecule is CCn1c(SCC(=O)N(C)C(C)(C)C#N)nnc1-c1ccccc1. The third-order valence-electron chi connectivity index (χ3n) is 3.88. The number of amides is 1. The summed E-state index contributed by atoms with van der Waals surface area (Å²) in [4.78, 5) is 13.8. The van der Waals surface area contributed by atoms with Crippen molar-refractivity contribution in [1.82, 2.24) is 19.7 Å². The summed E-state index contributed by atoms with van der Waals surface area (Å²) in [6.07, 6.45) is 0. The number of hydrogen-bond acceptors (Lipinski definition) is 5. The molecule has 1 aromatic heterocycles. The van der Waals surface area contributed by atoms with Crippen LogP contribution in [0.3, 0.4) is 0 Å².